The van der Waals surface area contributed by atoms with Gasteiger partial charge in [-0.25, -0.2) is 0 Å². The lowest BCUT2D eigenvalue weighted by Crippen LogP contribution is -2.31. The molecule has 0 aromatic heterocycles. The van der Waals surface area contributed by atoms with Crippen molar-refractivity contribution in [2.24, 2.45) is 0 Å². The van der Waals surface area contributed by atoms with Gasteiger partial charge >= 0.3 is 0 Å². The Morgan fingerprint density at radius 3 is 2.76 bits per heavy atom. The Bertz CT molecular complexity index is 744. The zero-order valence-electron chi connectivity index (χ0n) is 14.6. The standard InChI is InChI=1S/C20H23NO4/c1-3-15-5-4-6-17(11-15)25-13-20(22)21-14(2)16-7-8-18-19(12-16)24-10-9-23-18/h4-8,11-12,14H,3,9-10,13H2,1-2H3,(H,21,22). The van der Waals surface area contributed by atoms with Gasteiger partial charge in [0.15, 0.2) is 18.1 Å². The molecule has 1 N–H and O–H groups in total. The number of fused-ring (bicyclic) bond motifs is 1. The minimum absolute atomic E-state index is 0.0118. The van der Waals surface area contributed by atoms with Crippen LogP contribution in [0.1, 0.15) is 31.0 Å². The minimum atomic E-state index is -0.163. The number of nitrogens with one attached hydrogen (secondary N) is 1. The molecule has 132 valence electrons. The van der Waals surface area contributed by atoms with E-state index in [1.165, 1.54) is 5.56 Å². The molecule has 1 aliphatic rings. The maximum absolute atomic E-state index is 12.2. The molecule has 0 spiro atoms. The molecule has 0 bridgehead atoms. The number of aryl methyl sites for hydroxylation is 1. The van der Waals surface area contributed by atoms with Crippen molar-refractivity contribution in [3.8, 4) is 17.2 Å². The zero-order chi connectivity index (χ0) is 17.6. The Balaban J connectivity index is 1.55. The van der Waals surface area contributed by atoms with Crippen LogP contribution in [0.2, 0.25) is 0 Å². The zero-order valence-corrected chi connectivity index (χ0v) is 14.6. The number of hydrogen-bond donors (Lipinski definition) is 1. The number of carbonyl (C=O) groups is 1. The number of carbonyl (C=O) groups excluding carboxylic acids is 1. The maximum Gasteiger partial charge on any atom is 0.258 e. The van der Waals surface area contributed by atoms with Crippen molar-refractivity contribution in [1.82, 2.24) is 5.32 Å². The Kier molecular flexibility index (Phi) is 5.43. The van der Waals surface area contributed by atoms with E-state index in [-0.39, 0.29) is 18.6 Å². The molecule has 25 heavy (non-hydrogen) atoms. The monoisotopic (exact) mass is 341 g/mol. The summed E-state index contributed by atoms with van der Waals surface area (Å²) in [4.78, 5) is 12.2. The lowest BCUT2D eigenvalue weighted by molar-refractivity contribution is -0.123. The predicted molar refractivity (Wildman–Crippen MR) is 95.3 cm³/mol. The van der Waals surface area contributed by atoms with E-state index in [0.717, 1.165) is 23.5 Å². The van der Waals surface area contributed by atoms with Gasteiger partial charge in [-0.2, -0.15) is 0 Å². The molecular weight excluding hydrogens is 318 g/mol. The van der Waals surface area contributed by atoms with Crippen LogP contribution >= 0.6 is 0 Å². The summed E-state index contributed by atoms with van der Waals surface area (Å²) in [6.45, 7) is 5.11. The molecule has 2 aromatic carbocycles. The predicted octanol–water partition coefficient (Wildman–Crippen LogP) is 3.28. The van der Waals surface area contributed by atoms with Crippen LogP contribution in [0.15, 0.2) is 42.5 Å². The first-order valence-electron chi connectivity index (χ1n) is 8.56. The molecule has 1 amide bonds. The van der Waals surface area contributed by atoms with Crippen LogP contribution in [0.5, 0.6) is 17.2 Å². The van der Waals surface area contributed by atoms with E-state index in [1.807, 2.05) is 49.4 Å². The number of benzene rings is 2. The fourth-order valence-electron chi connectivity index (χ4n) is 2.70. The highest BCUT2D eigenvalue weighted by molar-refractivity contribution is 5.78. The first-order chi connectivity index (χ1) is 12.2. The molecule has 0 saturated heterocycles. The molecule has 0 radical (unpaired) electrons. The Morgan fingerprint density at radius 2 is 1.96 bits per heavy atom. The highest BCUT2D eigenvalue weighted by atomic mass is 16.6. The normalized spacial score (nSPS) is 13.8. The Morgan fingerprint density at radius 1 is 1.16 bits per heavy atom. The third-order valence-electron chi connectivity index (χ3n) is 4.12. The van der Waals surface area contributed by atoms with Crippen molar-refractivity contribution in [3.63, 3.8) is 0 Å². The van der Waals surface area contributed by atoms with Gasteiger partial charge in [-0.15, -0.1) is 0 Å². The van der Waals surface area contributed by atoms with Gasteiger partial charge in [-0.1, -0.05) is 25.1 Å². The van der Waals surface area contributed by atoms with Crippen molar-refractivity contribution >= 4 is 5.91 Å². The summed E-state index contributed by atoms with van der Waals surface area (Å²) in [5, 5.41) is 2.94. The highest BCUT2D eigenvalue weighted by Crippen LogP contribution is 2.32. The molecule has 5 nitrogen and oxygen atoms in total. The van der Waals surface area contributed by atoms with Crippen LogP contribution < -0.4 is 19.5 Å². The van der Waals surface area contributed by atoms with Crippen molar-refractivity contribution in [2.45, 2.75) is 26.3 Å². The Hall–Kier alpha value is -2.69. The second-order valence-electron chi connectivity index (χ2n) is 5.98. The van der Waals surface area contributed by atoms with Gasteiger partial charge in [0.2, 0.25) is 0 Å². The van der Waals surface area contributed by atoms with E-state index in [9.17, 15) is 4.79 Å². The van der Waals surface area contributed by atoms with E-state index in [0.29, 0.717) is 19.0 Å². The van der Waals surface area contributed by atoms with Gasteiger partial charge in [0.25, 0.3) is 5.91 Å². The lowest BCUT2D eigenvalue weighted by Gasteiger charge is -2.21. The van der Waals surface area contributed by atoms with E-state index in [1.54, 1.807) is 0 Å². The third kappa shape index (κ3) is 4.44. The van der Waals surface area contributed by atoms with Crippen LogP contribution in [-0.2, 0) is 11.2 Å². The van der Waals surface area contributed by atoms with Gasteiger partial charge < -0.3 is 19.5 Å². The Labute approximate surface area is 147 Å². The molecular formula is C20H23NO4. The van der Waals surface area contributed by atoms with E-state index >= 15 is 0 Å². The number of ether oxygens (including phenoxy) is 3. The average molecular weight is 341 g/mol. The van der Waals surface area contributed by atoms with Crippen molar-refractivity contribution in [1.29, 1.82) is 0 Å². The summed E-state index contributed by atoms with van der Waals surface area (Å²) < 4.78 is 16.7. The van der Waals surface area contributed by atoms with Gasteiger partial charge in [0, 0.05) is 0 Å². The quantitative estimate of drug-likeness (QED) is 0.876. The minimum Gasteiger partial charge on any atom is -0.486 e. The van der Waals surface area contributed by atoms with Crippen molar-refractivity contribution < 1.29 is 19.0 Å². The largest absolute Gasteiger partial charge is 0.486 e. The maximum atomic E-state index is 12.2. The van der Waals surface area contributed by atoms with Crippen LogP contribution in [0.25, 0.3) is 0 Å². The number of hydrogen-bond acceptors (Lipinski definition) is 4. The van der Waals surface area contributed by atoms with E-state index in [2.05, 4.69) is 12.2 Å². The summed E-state index contributed by atoms with van der Waals surface area (Å²) in [6, 6.07) is 13.4. The third-order valence-corrected chi connectivity index (χ3v) is 4.12. The van der Waals surface area contributed by atoms with Crippen molar-refractivity contribution in [3.05, 3.63) is 53.6 Å². The van der Waals surface area contributed by atoms with E-state index < -0.39 is 0 Å². The first kappa shape index (κ1) is 17.1. The van der Waals surface area contributed by atoms with Crippen LogP contribution in [-0.4, -0.2) is 25.7 Å². The summed E-state index contributed by atoms with van der Waals surface area (Å²) in [6.07, 6.45) is 0.935. The SMILES string of the molecule is CCc1cccc(OCC(=O)NC(C)c2ccc3c(c2)OCCO3)c1. The second kappa shape index (κ2) is 7.92. The molecule has 0 fully saturated rings. The van der Waals surface area contributed by atoms with Gasteiger partial charge in [0.05, 0.1) is 6.04 Å². The number of amides is 1. The summed E-state index contributed by atoms with van der Waals surface area (Å²) in [5.41, 5.74) is 2.15. The molecule has 1 aliphatic heterocycles. The van der Waals surface area contributed by atoms with Gasteiger partial charge in [-0.05, 0) is 48.7 Å². The van der Waals surface area contributed by atoms with Crippen LogP contribution in [0.4, 0.5) is 0 Å². The fourth-order valence-corrected chi connectivity index (χ4v) is 2.70. The molecule has 3 rings (SSSR count). The van der Waals surface area contributed by atoms with Crippen LogP contribution in [0.3, 0.4) is 0 Å². The van der Waals surface area contributed by atoms with Gasteiger partial charge in [-0.3, -0.25) is 4.79 Å². The summed E-state index contributed by atoms with van der Waals surface area (Å²) >= 11 is 0. The molecule has 0 aliphatic carbocycles. The summed E-state index contributed by atoms with van der Waals surface area (Å²) in [5.74, 6) is 2.01. The smallest absolute Gasteiger partial charge is 0.258 e. The average Bonchev–Trinajstić information content (AvgIpc) is 2.66. The molecule has 5 heteroatoms. The first-order valence-corrected chi connectivity index (χ1v) is 8.56. The molecule has 0 saturated carbocycles. The number of rotatable bonds is 6. The van der Waals surface area contributed by atoms with Crippen molar-refractivity contribution in [2.75, 3.05) is 19.8 Å². The molecule has 2 aromatic rings. The molecule has 1 atom stereocenters. The van der Waals surface area contributed by atoms with Gasteiger partial charge in [0.1, 0.15) is 19.0 Å². The topological polar surface area (TPSA) is 56.8 Å². The highest BCUT2D eigenvalue weighted by Gasteiger charge is 2.16. The lowest BCUT2D eigenvalue weighted by atomic mass is 10.1. The van der Waals surface area contributed by atoms with E-state index in [4.69, 9.17) is 14.2 Å². The molecule has 1 unspecified atom stereocenters. The fraction of sp³-hybridized carbons (Fsp3) is 0.350. The second-order valence-corrected chi connectivity index (χ2v) is 5.98. The van der Waals surface area contributed by atoms with Crippen LogP contribution in [0, 0.1) is 0 Å². The molecule has 1 heterocycles. The summed E-state index contributed by atoms with van der Waals surface area (Å²) in [7, 11) is 0.